The average molecular weight is 394 g/mol. The molecule has 2 amide bonds. The van der Waals surface area contributed by atoms with E-state index in [1.807, 2.05) is 24.3 Å². The molecule has 5 nitrogen and oxygen atoms in total. The van der Waals surface area contributed by atoms with Gasteiger partial charge in [0.05, 0.1) is 7.11 Å². The quantitative estimate of drug-likeness (QED) is 0.773. The summed E-state index contributed by atoms with van der Waals surface area (Å²) in [6.07, 6.45) is 5.78. The Kier molecular flexibility index (Phi) is 6.05. The van der Waals surface area contributed by atoms with Crippen LogP contribution in [0.25, 0.3) is 0 Å². The molecule has 0 aromatic heterocycles. The van der Waals surface area contributed by atoms with Gasteiger partial charge in [-0.25, -0.2) is 4.79 Å². The number of nitrogens with zero attached hydrogens (tertiary/aromatic N) is 1. The normalized spacial score (nSPS) is 24.0. The van der Waals surface area contributed by atoms with Crippen molar-refractivity contribution >= 4 is 11.7 Å². The van der Waals surface area contributed by atoms with Crippen LogP contribution in [0.5, 0.6) is 5.75 Å². The van der Waals surface area contributed by atoms with Gasteiger partial charge >= 0.3 is 6.03 Å². The van der Waals surface area contributed by atoms with Crippen molar-refractivity contribution in [3.8, 4) is 5.75 Å². The summed E-state index contributed by atoms with van der Waals surface area (Å²) >= 11 is 0. The summed E-state index contributed by atoms with van der Waals surface area (Å²) in [5.41, 5.74) is 3.44. The lowest BCUT2D eigenvalue weighted by atomic mass is 9.81. The number of hydrogen-bond donors (Lipinski definition) is 2. The van der Waals surface area contributed by atoms with Crippen LogP contribution in [0, 0.1) is 6.92 Å². The lowest BCUT2D eigenvalue weighted by molar-refractivity contribution is 0.0200. The molecule has 29 heavy (non-hydrogen) atoms. The van der Waals surface area contributed by atoms with E-state index in [1.54, 1.807) is 7.11 Å². The Labute approximate surface area is 173 Å². The largest absolute Gasteiger partial charge is 0.497 e. The molecular formula is C24H31N3O2. The fraction of sp³-hybridized carbons (Fsp3) is 0.458. The number of piperidine rings is 2. The third-order valence-corrected chi connectivity index (χ3v) is 6.27. The second kappa shape index (κ2) is 8.87. The molecule has 0 saturated carbocycles. The Hall–Kier alpha value is -2.53. The summed E-state index contributed by atoms with van der Waals surface area (Å²) < 4.78 is 5.23. The number of aryl methyl sites for hydroxylation is 1. The molecule has 2 aliphatic heterocycles. The maximum atomic E-state index is 12.5. The van der Waals surface area contributed by atoms with Crippen molar-refractivity contribution in [3.63, 3.8) is 0 Å². The molecular weight excluding hydrogens is 362 g/mol. The third kappa shape index (κ3) is 4.91. The molecule has 2 aromatic rings. The smallest absolute Gasteiger partial charge is 0.319 e. The van der Waals surface area contributed by atoms with Gasteiger partial charge in [-0.3, -0.25) is 4.90 Å². The molecule has 2 aliphatic rings. The zero-order valence-corrected chi connectivity index (χ0v) is 17.4. The first kappa shape index (κ1) is 19.8. The van der Waals surface area contributed by atoms with Crippen molar-refractivity contribution in [2.45, 2.75) is 63.7 Å². The van der Waals surface area contributed by atoms with Crippen LogP contribution in [0.3, 0.4) is 0 Å². The first-order valence-electron chi connectivity index (χ1n) is 10.6. The summed E-state index contributed by atoms with van der Waals surface area (Å²) in [6, 6.07) is 17.5. The highest BCUT2D eigenvalue weighted by atomic mass is 16.5. The minimum atomic E-state index is -0.131. The van der Waals surface area contributed by atoms with Crippen molar-refractivity contribution in [2.24, 2.45) is 0 Å². The standard InChI is InChI=1S/C24H31N3O2/c1-17-9-11-18(12-10-17)16-27-21-6-4-7-22(27)14-20(13-21)26-24(28)25-19-5-3-8-23(15-19)29-2/h3,5,8-12,15,20-22H,4,6-7,13-14,16H2,1-2H3,(H2,25,26,28)/t20?,21-,22+. The lowest BCUT2D eigenvalue weighted by Gasteiger charge is -2.49. The number of rotatable bonds is 5. The van der Waals surface area contributed by atoms with Crippen molar-refractivity contribution in [3.05, 3.63) is 59.7 Å². The Morgan fingerprint density at radius 1 is 1.10 bits per heavy atom. The molecule has 154 valence electrons. The molecule has 0 aliphatic carbocycles. The van der Waals surface area contributed by atoms with Crippen LogP contribution in [0.1, 0.15) is 43.2 Å². The highest BCUT2D eigenvalue weighted by Crippen LogP contribution is 2.35. The van der Waals surface area contributed by atoms with Crippen molar-refractivity contribution in [2.75, 3.05) is 12.4 Å². The molecule has 0 spiro atoms. The number of fused-ring (bicyclic) bond motifs is 2. The average Bonchev–Trinajstić information content (AvgIpc) is 2.70. The molecule has 4 rings (SSSR count). The second-order valence-corrected chi connectivity index (χ2v) is 8.40. The van der Waals surface area contributed by atoms with Gasteiger partial charge in [-0.05, 0) is 50.3 Å². The number of nitrogens with one attached hydrogen (secondary N) is 2. The first-order valence-corrected chi connectivity index (χ1v) is 10.6. The molecule has 2 heterocycles. The molecule has 2 saturated heterocycles. The van der Waals surface area contributed by atoms with E-state index in [0.29, 0.717) is 12.1 Å². The van der Waals surface area contributed by atoms with Gasteiger partial charge in [0.15, 0.2) is 0 Å². The van der Waals surface area contributed by atoms with Gasteiger partial charge in [0, 0.05) is 36.4 Å². The van der Waals surface area contributed by atoms with E-state index in [2.05, 4.69) is 46.7 Å². The topological polar surface area (TPSA) is 53.6 Å². The van der Waals surface area contributed by atoms with Crippen LogP contribution in [0.15, 0.2) is 48.5 Å². The fourth-order valence-corrected chi connectivity index (χ4v) is 4.81. The van der Waals surface area contributed by atoms with Gasteiger partial charge < -0.3 is 15.4 Å². The van der Waals surface area contributed by atoms with Crippen molar-refractivity contribution in [1.82, 2.24) is 10.2 Å². The zero-order valence-electron chi connectivity index (χ0n) is 17.4. The van der Waals surface area contributed by atoms with Gasteiger partial charge in [0.25, 0.3) is 0 Å². The van der Waals surface area contributed by atoms with Crippen LogP contribution in [0.4, 0.5) is 10.5 Å². The van der Waals surface area contributed by atoms with Gasteiger partial charge in [0.2, 0.25) is 0 Å². The van der Waals surface area contributed by atoms with Gasteiger partial charge in [-0.15, -0.1) is 0 Å². The number of ether oxygens (including phenoxy) is 1. The highest BCUT2D eigenvalue weighted by molar-refractivity contribution is 5.89. The minimum Gasteiger partial charge on any atom is -0.497 e. The number of methoxy groups -OCH3 is 1. The van der Waals surface area contributed by atoms with Gasteiger partial charge in [-0.1, -0.05) is 42.3 Å². The summed E-state index contributed by atoms with van der Waals surface area (Å²) in [4.78, 5) is 15.2. The van der Waals surface area contributed by atoms with E-state index in [4.69, 9.17) is 4.74 Å². The number of carbonyl (C=O) groups excluding carboxylic acids is 1. The Bertz CT molecular complexity index is 822. The molecule has 2 aromatic carbocycles. The predicted octanol–water partition coefficient (Wildman–Crippen LogP) is 4.71. The summed E-state index contributed by atoms with van der Waals surface area (Å²) in [6.45, 7) is 3.14. The monoisotopic (exact) mass is 393 g/mol. The molecule has 2 bridgehead atoms. The zero-order chi connectivity index (χ0) is 20.2. The summed E-state index contributed by atoms with van der Waals surface area (Å²) in [5.74, 6) is 0.738. The summed E-state index contributed by atoms with van der Waals surface area (Å²) in [5, 5.41) is 6.15. The molecule has 0 radical (unpaired) electrons. The SMILES string of the molecule is COc1cccc(NC(=O)NC2C[C@H]3CCC[C@@H](C2)N3Cc2ccc(C)cc2)c1. The maximum Gasteiger partial charge on any atom is 0.319 e. The van der Waals surface area contributed by atoms with Crippen LogP contribution in [-0.4, -0.2) is 36.2 Å². The molecule has 3 atom stereocenters. The number of benzene rings is 2. The highest BCUT2D eigenvalue weighted by Gasteiger charge is 2.38. The second-order valence-electron chi connectivity index (χ2n) is 8.40. The van der Waals surface area contributed by atoms with Crippen molar-refractivity contribution in [1.29, 1.82) is 0 Å². The minimum absolute atomic E-state index is 0.131. The van der Waals surface area contributed by atoms with Crippen LogP contribution >= 0.6 is 0 Å². The van der Waals surface area contributed by atoms with E-state index in [1.165, 1.54) is 30.4 Å². The number of anilines is 1. The lowest BCUT2D eigenvalue weighted by Crippen LogP contribution is -2.56. The predicted molar refractivity (Wildman–Crippen MR) is 116 cm³/mol. The van der Waals surface area contributed by atoms with Gasteiger partial charge in [-0.2, -0.15) is 0 Å². The Morgan fingerprint density at radius 2 is 1.83 bits per heavy atom. The summed E-state index contributed by atoms with van der Waals surface area (Å²) in [7, 11) is 1.63. The Balaban J connectivity index is 1.35. The molecule has 1 unspecified atom stereocenters. The fourth-order valence-electron chi connectivity index (χ4n) is 4.81. The number of amides is 2. The molecule has 2 N–H and O–H groups in total. The van der Waals surface area contributed by atoms with E-state index in [0.717, 1.165) is 30.8 Å². The van der Waals surface area contributed by atoms with E-state index in [-0.39, 0.29) is 12.1 Å². The maximum absolute atomic E-state index is 12.5. The van der Waals surface area contributed by atoms with E-state index < -0.39 is 0 Å². The van der Waals surface area contributed by atoms with Crippen LogP contribution < -0.4 is 15.4 Å². The molecule has 5 heteroatoms. The number of hydrogen-bond acceptors (Lipinski definition) is 3. The number of carbonyl (C=O) groups is 1. The number of urea groups is 1. The Morgan fingerprint density at radius 3 is 2.52 bits per heavy atom. The van der Waals surface area contributed by atoms with Crippen LogP contribution in [0.2, 0.25) is 0 Å². The first-order chi connectivity index (χ1) is 14.1. The van der Waals surface area contributed by atoms with Crippen LogP contribution in [-0.2, 0) is 6.54 Å². The molecule has 2 fully saturated rings. The van der Waals surface area contributed by atoms with E-state index >= 15 is 0 Å². The van der Waals surface area contributed by atoms with Gasteiger partial charge in [0.1, 0.15) is 5.75 Å². The third-order valence-electron chi connectivity index (χ3n) is 6.27. The van der Waals surface area contributed by atoms with Crippen molar-refractivity contribution < 1.29 is 9.53 Å². The van der Waals surface area contributed by atoms with E-state index in [9.17, 15) is 4.79 Å².